The van der Waals surface area contributed by atoms with Crippen molar-refractivity contribution in [3.05, 3.63) is 36.2 Å². The van der Waals surface area contributed by atoms with Crippen molar-refractivity contribution in [2.45, 2.75) is 49.2 Å². The van der Waals surface area contributed by atoms with Crippen molar-refractivity contribution in [3.63, 3.8) is 0 Å². The average molecular weight is 416 g/mol. The Balaban J connectivity index is 1.35. The van der Waals surface area contributed by atoms with E-state index in [0.717, 1.165) is 18.4 Å². The summed E-state index contributed by atoms with van der Waals surface area (Å²) in [5.74, 6) is 1.12. The first-order chi connectivity index (χ1) is 14.0. The van der Waals surface area contributed by atoms with E-state index in [2.05, 4.69) is 10.1 Å². The summed E-state index contributed by atoms with van der Waals surface area (Å²) in [6, 6.07) is 9.49. The molecule has 1 spiro atoms. The highest BCUT2D eigenvalue weighted by atomic mass is 32.2. The second kappa shape index (κ2) is 6.93. The minimum absolute atomic E-state index is 0.0823. The van der Waals surface area contributed by atoms with Gasteiger partial charge in [0.1, 0.15) is 4.75 Å². The van der Waals surface area contributed by atoms with Crippen molar-refractivity contribution >= 4 is 15.7 Å². The molecule has 154 valence electrons. The SMILES string of the molecule is O=C(CC1CCCC1)N1CC2(C1)C(c1nc(-c3ccccc3)no1)CCS2(=O)=O. The van der Waals surface area contributed by atoms with Gasteiger partial charge in [-0.2, -0.15) is 4.98 Å². The molecule has 1 unspecified atom stereocenters. The van der Waals surface area contributed by atoms with E-state index in [-0.39, 0.29) is 30.7 Å². The first kappa shape index (κ1) is 18.8. The molecule has 0 radical (unpaired) electrons. The van der Waals surface area contributed by atoms with Crippen LogP contribution < -0.4 is 0 Å². The lowest BCUT2D eigenvalue weighted by molar-refractivity contribution is -0.137. The van der Waals surface area contributed by atoms with E-state index in [1.54, 1.807) is 4.90 Å². The van der Waals surface area contributed by atoms with Crippen LogP contribution >= 0.6 is 0 Å². The number of likely N-dealkylation sites (tertiary alicyclic amines) is 1. The van der Waals surface area contributed by atoms with Crippen LogP contribution in [0.2, 0.25) is 0 Å². The highest BCUT2D eigenvalue weighted by Crippen LogP contribution is 2.50. The van der Waals surface area contributed by atoms with Crippen LogP contribution in [0.5, 0.6) is 0 Å². The van der Waals surface area contributed by atoms with Gasteiger partial charge in [-0.15, -0.1) is 0 Å². The Hall–Kier alpha value is -2.22. The first-order valence-electron chi connectivity index (χ1n) is 10.4. The van der Waals surface area contributed by atoms with Crippen molar-refractivity contribution in [1.82, 2.24) is 15.0 Å². The van der Waals surface area contributed by atoms with Gasteiger partial charge in [-0.1, -0.05) is 48.3 Å². The van der Waals surface area contributed by atoms with Gasteiger partial charge in [-0.3, -0.25) is 4.79 Å². The lowest BCUT2D eigenvalue weighted by Crippen LogP contribution is -2.67. The number of aromatic nitrogens is 2. The molecule has 2 saturated heterocycles. The summed E-state index contributed by atoms with van der Waals surface area (Å²) >= 11 is 0. The maximum absolute atomic E-state index is 12.9. The van der Waals surface area contributed by atoms with Crippen LogP contribution in [0, 0.1) is 5.92 Å². The monoisotopic (exact) mass is 415 g/mol. The maximum Gasteiger partial charge on any atom is 0.231 e. The largest absolute Gasteiger partial charge is 0.339 e. The highest BCUT2D eigenvalue weighted by molar-refractivity contribution is 7.93. The number of sulfone groups is 1. The zero-order valence-electron chi connectivity index (χ0n) is 16.3. The van der Waals surface area contributed by atoms with Crippen LogP contribution in [-0.2, 0) is 14.6 Å². The van der Waals surface area contributed by atoms with Gasteiger partial charge in [-0.25, -0.2) is 8.42 Å². The molecular weight excluding hydrogens is 390 g/mol. The predicted molar refractivity (Wildman–Crippen MR) is 107 cm³/mol. The number of nitrogens with zero attached hydrogens (tertiary/aromatic N) is 3. The van der Waals surface area contributed by atoms with Gasteiger partial charge in [0, 0.05) is 25.1 Å². The molecule has 0 N–H and O–H groups in total. The molecule has 1 atom stereocenters. The minimum atomic E-state index is -3.32. The fourth-order valence-corrected chi connectivity index (χ4v) is 7.48. The fourth-order valence-electron chi connectivity index (χ4n) is 5.17. The van der Waals surface area contributed by atoms with Crippen LogP contribution in [0.1, 0.15) is 50.3 Å². The van der Waals surface area contributed by atoms with Gasteiger partial charge in [-0.05, 0) is 25.2 Å². The van der Waals surface area contributed by atoms with Gasteiger partial charge in [0.2, 0.25) is 17.6 Å². The number of hydrogen-bond donors (Lipinski definition) is 0. The summed E-state index contributed by atoms with van der Waals surface area (Å²) in [4.78, 5) is 18.9. The molecular formula is C21H25N3O4S. The quantitative estimate of drug-likeness (QED) is 0.762. The average Bonchev–Trinajstić information content (AvgIpc) is 3.39. The first-order valence-corrected chi connectivity index (χ1v) is 12.0. The summed E-state index contributed by atoms with van der Waals surface area (Å²) < 4.78 is 30.4. The number of carbonyl (C=O) groups is 1. The standard InChI is InChI=1S/C21H25N3O4S/c25-18(12-15-6-4-5-7-15)24-13-21(14-24)17(10-11-29(21,26)27)20-22-19(23-28-20)16-8-2-1-3-9-16/h1-3,8-9,15,17H,4-7,10-14H2. The molecule has 8 heteroatoms. The number of hydrogen-bond acceptors (Lipinski definition) is 6. The molecule has 1 aliphatic carbocycles. The molecule has 3 heterocycles. The smallest absolute Gasteiger partial charge is 0.231 e. The Morgan fingerprint density at radius 1 is 1.14 bits per heavy atom. The lowest BCUT2D eigenvalue weighted by Gasteiger charge is -2.49. The Morgan fingerprint density at radius 3 is 2.59 bits per heavy atom. The Morgan fingerprint density at radius 2 is 1.86 bits per heavy atom. The third-order valence-corrected chi connectivity index (χ3v) is 9.46. The highest BCUT2D eigenvalue weighted by Gasteiger charge is 2.64. The van der Waals surface area contributed by atoms with Crippen molar-refractivity contribution in [3.8, 4) is 11.4 Å². The molecule has 29 heavy (non-hydrogen) atoms. The molecule has 3 aliphatic rings. The normalized spacial score (nSPS) is 25.4. The Kier molecular flexibility index (Phi) is 4.49. The van der Waals surface area contributed by atoms with Gasteiger partial charge >= 0.3 is 0 Å². The van der Waals surface area contributed by atoms with Crippen LogP contribution in [0.15, 0.2) is 34.9 Å². The third kappa shape index (κ3) is 3.08. The predicted octanol–water partition coefficient (Wildman–Crippen LogP) is 2.80. The van der Waals surface area contributed by atoms with Gasteiger partial charge in [0.05, 0.1) is 11.7 Å². The van der Waals surface area contributed by atoms with Gasteiger partial charge < -0.3 is 9.42 Å². The van der Waals surface area contributed by atoms with Crippen LogP contribution in [0.4, 0.5) is 0 Å². The fraction of sp³-hybridized carbons (Fsp3) is 0.571. The van der Waals surface area contributed by atoms with Crippen molar-refractivity contribution < 1.29 is 17.7 Å². The summed E-state index contributed by atoms with van der Waals surface area (Å²) in [6.45, 7) is 0.489. The van der Waals surface area contributed by atoms with Crippen molar-refractivity contribution in [2.24, 2.45) is 5.92 Å². The Labute approximate surface area is 170 Å². The molecule has 1 aromatic carbocycles. The lowest BCUT2D eigenvalue weighted by atomic mass is 9.82. The molecule has 3 fully saturated rings. The second-order valence-electron chi connectivity index (χ2n) is 8.65. The summed E-state index contributed by atoms with van der Waals surface area (Å²) in [5, 5.41) is 4.06. The topological polar surface area (TPSA) is 93.4 Å². The van der Waals surface area contributed by atoms with E-state index < -0.39 is 14.6 Å². The number of carbonyl (C=O) groups excluding carboxylic acids is 1. The molecule has 0 bridgehead atoms. The molecule has 2 aromatic rings. The van der Waals surface area contributed by atoms with E-state index >= 15 is 0 Å². The summed E-state index contributed by atoms with van der Waals surface area (Å²) in [7, 11) is -3.32. The number of rotatable bonds is 4. The molecule has 1 amide bonds. The molecule has 2 aliphatic heterocycles. The van der Waals surface area contributed by atoms with E-state index in [1.165, 1.54) is 12.8 Å². The van der Waals surface area contributed by atoms with Gasteiger partial charge in [0.25, 0.3) is 0 Å². The van der Waals surface area contributed by atoms with E-state index in [4.69, 9.17) is 4.52 Å². The second-order valence-corrected chi connectivity index (χ2v) is 11.1. The van der Waals surface area contributed by atoms with Crippen LogP contribution in [0.25, 0.3) is 11.4 Å². The molecule has 5 rings (SSSR count). The summed E-state index contributed by atoms with van der Waals surface area (Å²) in [5.41, 5.74) is 0.833. The zero-order chi connectivity index (χ0) is 20.1. The molecule has 1 aromatic heterocycles. The van der Waals surface area contributed by atoms with E-state index in [9.17, 15) is 13.2 Å². The van der Waals surface area contributed by atoms with E-state index in [1.807, 2.05) is 30.3 Å². The number of benzene rings is 1. The zero-order valence-corrected chi connectivity index (χ0v) is 17.1. The van der Waals surface area contributed by atoms with Crippen molar-refractivity contribution in [2.75, 3.05) is 18.8 Å². The Bertz CT molecular complexity index is 1010. The van der Waals surface area contributed by atoms with Crippen molar-refractivity contribution in [1.29, 1.82) is 0 Å². The third-order valence-electron chi connectivity index (χ3n) is 6.91. The number of amides is 1. The molecule has 1 saturated carbocycles. The molecule has 7 nitrogen and oxygen atoms in total. The summed E-state index contributed by atoms with van der Waals surface area (Å²) in [6.07, 6.45) is 5.60. The minimum Gasteiger partial charge on any atom is -0.339 e. The van der Waals surface area contributed by atoms with Crippen LogP contribution in [-0.4, -0.2) is 53.0 Å². The van der Waals surface area contributed by atoms with Gasteiger partial charge in [0.15, 0.2) is 9.84 Å². The van der Waals surface area contributed by atoms with E-state index in [0.29, 0.717) is 30.5 Å². The maximum atomic E-state index is 12.9. The van der Waals surface area contributed by atoms with Crippen LogP contribution in [0.3, 0.4) is 0 Å².